The number of imidazole rings is 1. The molecule has 0 atom stereocenters. The summed E-state index contributed by atoms with van der Waals surface area (Å²) in [6.45, 7) is 0.445. The van der Waals surface area contributed by atoms with E-state index in [1.54, 1.807) is 36.9 Å². The molecule has 1 aliphatic heterocycles. The van der Waals surface area contributed by atoms with Crippen LogP contribution < -0.4 is 30.2 Å². The topological polar surface area (TPSA) is 98.7 Å². The molecule has 2 aromatic carbocycles. The summed E-state index contributed by atoms with van der Waals surface area (Å²) in [5, 5.41) is 0. The molecule has 0 bridgehead atoms. The number of rotatable bonds is 5. The molecule has 10 nitrogen and oxygen atoms in total. The van der Waals surface area contributed by atoms with Crippen molar-refractivity contribution in [3.05, 3.63) is 68.9 Å². The first-order valence-electron chi connectivity index (χ1n) is 9.83. The van der Waals surface area contributed by atoms with Crippen molar-refractivity contribution in [1.82, 2.24) is 18.7 Å². The summed E-state index contributed by atoms with van der Waals surface area (Å²) in [4.78, 5) is 29.9. The Morgan fingerprint density at radius 2 is 1.69 bits per heavy atom. The fourth-order valence-electron chi connectivity index (χ4n) is 3.61. The van der Waals surface area contributed by atoms with E-state index in [-0.39, 0.29) is 24.0 Å². The molecule has 0 saturated carbocycles. The molecule has 3 heterocycles. The minimum atomic E-state index is -0.466. The van der Waals surface area contributed by atoms with E-state index in [2.05, 4.69) is 4.98 Å². The van der Waals surface area contributed by atoms with Crippen LogP contribution in [0.1, 0.15) is 5.56 Å². The Labute approximate surface area is 181 Å². The molecular formula is C22H20N4O6. The smallest absolute Gasteiger partial charge is 0.332 e. The summed E-state index contributed by atoms with van der Waals surface area (Å²) in [6, 6.07) is 12.8. The van der Waals surface area contributed by atoms with E-state index >= 15 is 0 Å². The molecule has 2 aromatic heterocycles. The standard InChI is InChI=1S/C22H20N4O6/c1-24-19-18(20(27)25(2)22(24)28)26(11-13-4-6-14(29-3)7-5-13)21(23-19)32-15-8-9-16-17(10-15)31-12-30-16/h4-10H,11-12H2,1-3H3. The van der Waals surface area contributed by atoms with Gasteiger partial charge in [0.2, 0.25) is 6.79 Å². The fourth-order valence-corrected chi connectivity index (χ4v) is 3.61. The van der Waals surface area contributed by atoms with Crippen LogP contribution in [0.3, 0.4) is 0 Å². The molecule has 0 unspecified atom stereocenters. The lowest BCUT2D eigenvalue weighted by Crippen LogP contribution is -2.37. The summed E-state index contributed by atoms with van der Waals surface area (Å²) in [6.07, 6.45) is 0. The number of aryl methyl sites for hydroxylation is 1. The highest BCUT2D eigenvalue weighted by Crippen LogP contribution is 2.36. The lowest BCUT2D eigenvalue weighted by Gasteiger charge is -2.11. The molecule has 10 heteroatoms. The SMILES string of the molecule is COc1ccc(Cn2c(Oc3ccc4c(c3)OCO4)nc3c2c(=O)n(C)c(=O)n3C)cc1. The Morgan fingerprint density at radius 3 is 2.44 bits per heavy atom. The zero-order valence-corrected chi connectivity index (χ0v) is 17.7. The molecule has 164 valence electrons. The van der Waals surface area contributed by atoms with Crippen LogP contribution in [-0.2, 0) is 20.6 Å². The van der Waals surface area contributed by atoms with Gasteiger partial charge in [0.1, 0.15) is 11.5 Å². The lowest BCUT2D eigenvalue weighted by molar-refractivity contribution is 0.174. The molecule has 0 saturated heterocycles. The minimum Gasteiger partial charge on any atom is -0.497 e. The van der Waals surface area contributed by atoms with Crippen molar-refractivity contribution in [3.8, 4) is 29.0 Å². The van der Waals surface area contributed by atoms with Crippen LogP contribution in [0.15, 0.2) is 52.1 Å². The van der Waals surface area contributed by atoms with Gasteiger partial charge in [-0.25, -0.2) is 4.79 Å². The predicted molar refractivity (Wildman–Crippen MR) is 115 cm³/mol. The Bertz CT molecular complexity index is 1450. The maximum absolute atomic E-state index is 13.0. The molecule has 0 spiro atoms. The second kappa shape index (κ2) is 7.49. The van der Waals surface area contributed by atoms with Gasteiger partial charge >= 0.3 is 11.7 Å². The maximum atomic E-state index is 13.0. The van der Waals surface area contributed by atoms with Crippen molar-refractivity contribution in [3.63, 3.8) is 0 Å². The van der Waals surface area contributed by atoms with E-state index in [0.717, 1.165) is 15.9 Å². The van der Waals surface area contributed by atoms with E-state index < -0.39 is 11.2 Å². The van der Waals surface area contributed by atoms with Crippen molar-refractivity contribution in [2.45, 2.75) is 6.54 Å². The second-order valence-corrected chi connectivity index (χ2v) is 7.32. The number of hydrogen-bond acceptors (Lipinski definition) is 7. The summed E-state index contributed by atoms with van der Waals surface area (Å²) in [5.74, 6) is 2.37. The number of fused-ring (bicyclic) bond motifs is 2. The van der Waals surface area contributed by atoms with Gasteiger partial charge in [0.25, 0.3) is 5.56 Å². The van der Waals surface area contributed by atoms with E-state index in [4.69, 9.17) is 18.9 Å². The van der Waals surface area contributed by atoms with Gasteiger partial charge in [-0.15, -0.1) is 0 Å². The number of hydrogen-bond donors (Lipinski definition) is 0. The van der Waals surface area contributed by atoms with Crippen LogP contribution in [-0.4, -0.2) is 32.6 Å². The summed E-state index contributed by atoms with van der Waals surface area (Å²) < 4.78 is 26.1. The summed E-state index contributed by atoms with van der Waals surface area (Å²) in [7, 11) is 4.60. The summed E-state index contributed by atoms with van der Waals surface area (Å²) in [5.41, 5.74) is 0.482. The second-order valence-electron chi connectivity index (χ2n) is 7.32. The van der Waals surface area contributed by atoms with E-state index in [9.17, 15) is 9.59 Å². The molecule has 0 amide bonds. The first-order valence-corrected chi connectivity index (χ1v) is 9.83. The number of methoxy groups -OCH3 is 1. The Kier molecular flexibility index (Phi) is 4.62. The molecular weight excluding hydrogens is 416 g/mol. The highest BCUT2D eigenvalue weighted by Gasteiger charge is 2.22. The van der Waals surface area contributed by atoms with Crippen molar-refractivity contribution in [2.75, 3.05) is 13.9 Å². The number of benzene rings is 2. The van der Waals surface area contributed by atoms with Gasteiger partial charge in [-0.2, -0.15) is 4.98 Å². The van der Waals surface area contributed by atoms with E-state index in [1.165, 1.54) is 11.6 Å². The summed E-state index contributed by atoms with van der Waals surface area (Å²) >= 11 is 0. The van der Waals surface area contributed by atoms with Gasteiger partial charge < -0.3 is 18.9 Å². The minimum absolute atomic E-state index is 0.146. The predicted octanol–water partition coefficient (Wildman–Crippen LogP) is 2.01. The Morgan fingerprint density at radius 1 is 0.969 bits per heavy atom. The van der Waals surface area contributed by atoms with Crippen LogP contribution in [0.25, 0.3) is 11.2 Å². The van der Waals surface area contributed by atoms with Gasteiger partial charge in [0.15, 0.2) is 22.7 Å². The zero-order chi connectivity index (χ0) is 22.4. The first kappa shape index (κ1) is 19.7. The highest BCUT2D eigenvalue weighted by molar-refractivity contribution is 5.72. The van der Waals surface area contributed by atoms with Gasteiger partial charge in [0, 0.05) is 20.2 Å². The van der Waals surface area contributed by atoms with Crippen LogP contribution >= 0.6 is 0 Å². The monoisotopic (exact) mass is 436 g/mol. The molecule has 1 aliphatic rings. The number of nitrogens with zero attached hydrogens (tertiary/aromatic N) is 4. The highest BCUT2D eigenvalue weighted by atomic mass is 16.7. The van der Waals surface area contributed by atoms with Crippen LogP contribution in [0.4, 0.5) is 0 Å². The Hall–Kier alpha value is -4.21. The van der Waals surface area contributed by atoms with Crippen molar-refractivity contribution < 1.29 is 18.9 Å². The van der Waals surface area contributed by atoms with Crippen LogP contribution in [0, 0.1) is 0 Å². The quantitative estimate of drug-likeness (QED) is 0.472. The van der Waals surface area contributed by atoms with Crippen molar-refractivity contribution >= 4 is 11.2 Å². The molecule has 0 aliphatic carbocycles. The molecule has 32 heavy (non-hydrogen) atoms. The van der Waals surface area contributed by atoms with Crippen molar-refractivity contribution in [2.24, 2.45) is 14.1 Å². The first-order chi connectivity index (χ1) is 15.5. The molecule has 0 radical (unpaired) electrons. The van der Waals surface area contributed by atoms with E-state index in [1.807, 2.05) is 24.3 Å². The third-order valence-corrected chi connectivity index (χ3v) is 5.37. The average Bonchev–Trinajstić information content (AvgIpc) is 3.41. The molecule has 0 fully saturated rings. The average molecular weight is 436 g/mol. The van der Waals surface area contributed by atoms with Gasteiger partial charge in [-0.05, 0) is 29.8 Å². The lowest BCUT2D eigenvalue weighted by atomic mass is 10.2. The number of aromatic nitrogens is 4. The zero-order valence-electron chi connectivity index (χ0n) is 17.7. The van der Waals surface area contributed by atoms with Gasteiger partial charge in [-0.1, -0.05) is 12.1 Å². The molecule has 0 N–H and O–H groups in total. The van der Waals surface area contributed by atoms with Gasteiger partial charge in [-0.3, -0.25) is 18.5 Å². The number of ether oxygens (including phenoxy) is 4. The third-order valence-electron chi connectivity index (χ3n) is 5.37. The van der Waals surface area contributed by atoms with Crippen LogP contribution in [0.2, 0.25) is 0 Å². The third kappa shape index (κ3) is 3.16. The van der Waals surface area contributed by atoms with E-state index in [0.29, 0.717) is 23.8 Å². The Balaban J connectivity index is 1.66. The van der Waals surface area contributed by atoms with Crippen molar-refractivity contribution in [1.29, 1.82) is 0 Å². The van der Waals surface area contributed by atoms with Gasteiger partial charge in [0.05, 0.1) is 13.7 Å². The fraction of sp³-hybridized carbons (Fsp3) is 0.227. The van der Waals surface area contributed by atoms with Crippen LogP contribution in [0.5, 0.6) is 29.0 Å². The molecule has 4 aromatic rings. The maximum Gasteiger partial charge on any atom is 0.332 e. The molecule has 5 rings (SSSR count). The normalized spacial score (nSPS) is 12.3. The largest absolute Gasteiger partial charge is 0.497 e.